The maximum absolute atomic E-state index is 13.0. The number of rotatable bonds is 7. The van der Waals surface area contributed by atoms with Crippen LogP contribution >= 0.6 is 0 Å². The molecule has 3 N–H and O–H groups in total. The molecule has 0 saturated heterocycles. The van der Waals surface area contributed by atoms with Gasteiger partial charge in [-0.15, -0.1) is 0 Å². The van der Waals surface area contributed by atoms with E-state index in [-0.39, 0.29) is 17.3 Å². The fourth-order valence-electron chi connectivity index (χ4n) is 1.84. The Bertz CT molecular complexity index is 700. The molecular formula is C13H17FN4O2S. The molecule has 21 heavy (non-hydrogen) atoms. The lowest BCUT2D eigenvalue weighted by molar-refractivity contribution is 0.580. The minimum absolute atomic E-state index is 0.0928. The highest BCUT2D eigenvalue weighted by Gasteiger charge is 2.15. The van der Waals surface area contributed by atoms with Gasteiger partial charge in [0, 0.05) is 19.3 Å². The molecule has 1 heterocycles. The summed E-state index contributed by atoms with van der Waals surface area (Å²) in [6, 6.07) is 6.07. The van der Waals surface area contributed by atoms with Crippen LogP contribution in [-0.4, -0.2) is 31.3 Å². The largest absolute Gasteiger partial charge is 0.329 e. The van der Waals surface area contributed by atoms with Crippen molar-refractivity contribution in [3.05, 3.63) is 48.0 Å². The van der Waals surface area contributed by atoms with Gasteiger partial charge < -0.3 is 5.73 Å². The monoisotopic (exact) mass is 312 g/mol. The Morgan fingerprint density at radius 3 is 2.90 bits per heavy atom. The molecule has 0 fully saturated rings. The van der Waals surface area contributed by atoms with E-state index < -0.39 is 10.0 Å². The van der Waals surface area contributed by atoms with E-state index in [0.717, 1.165) is 5.56 Å². The Labute approximate surface area is 122 Å². The molecule has 0 unspecified atom stereocenters. The molecular weight excluding hydrogens is 295 g/mol. The molecule has 6 nitrogen and oxygen atoms in total. The van der Waals surface area contributed by atoms with E-state index in [2.05, 4.69) is 9.82 Å². The molecule has 0 atom stereocenters. The molecule has 1 aromatic carbocycles. The lowest BCUT2D eigenvalue weighted by Gasteiger charge is -2.05. The van der Waals surface area contributed by atoms with Gasteiger partial charge in [0.05, 0.1) is 12.7 Å². The van der Waals surface area contributed by atoms with E-state index in [1.807, 2.05) is 0 Å². The summed E-state index contributed by atoms with van der Waals surface area (Å²) in [7, 11) is -3.61. The number of nitrogens with zero attached hydrogens (tertiary/aromatic N) is 2. The topological polar surface area (TPSA) is 90.0 Å². The molecule has 2 aromatic rings. The zero-order chi connectivity index (χ0) is 15.3. The third kappa shape index (κ3) is 4.35. The quantitative estimate of drug-likeness (QED) is 0.779. The Morgan fingerprint density at radius 1 is 1.38 bits per heavy atom. The van der Waals surface area contributed by atoms with Crippen LogP contribution in [0.1, 0.15) is 5.56 Å². The van der Waals surface area contributed by atoms with Crippen molar-refractivity contribution in [1.82, 2.24) is 14.5 Å². The van der Waals surface area contributed by atoms with Crippen molar-refractivity contribution in [3.8, 4) is 0 Å². The standard InChI is InChI=1S/C13H17FN4O2S/c14-12-3-1-2-11(8-12)4-6-17-21(19,20)13-9-16-18(10-13)7-5-15/h1-3,8-10,17H,4-7,15H2. The van der Waals surface area contributed by atoms with Crippen LogP contribution in [0.25, 0.3) is 0 Å². The summed E-state index contributed by atoms with van der Waals surface area (Å²) in [6.07, 6.45) is 3.12. The summed E-state index contributed by atoms with van der Waals surface area (Å²) < 4.78 is 41.0. The summed E-state index contributed by atoms with van der Waals surface area (Å²) in [5, 5.41) is 3.92. The molecule has 0 aliphatic rings. The third-order valence-electron chi connectivity index (χ3n) is 2.87. The number of benzene rings is 1. The molecule has 0 aliphatic carbocycles. The van der Waals surface area contributed by atoms with Crippen molar-refractivity contribution >= 4 is 10.0 Å². The third-order valence-corrected chi connectivity index (χ3v) is 4.29. The van der Waals surface area contributed by atoms with Gasteiger partial charge in [0.2, 0.25) is 10.0 Å². The minimum atomic E-state index is -3.61. The van der Waals surface area contributed by atoms with Gasteiger partial charge in [-0.2, -0.15) is 5.10 Å². The lowest BCUT2D eigenvalue weighted by Crippen LogP contribution is -2.25. The summed E-state index contributed by atoms with van der Waals surface area (Å²) in [4.78, 5) is 0.0928. The molecule has 0 bridgehead atoms. The zero-order valence-corrected chi connectivity index (χ0v) is 12.2. The number of nitrogens with two attached hydrogens (primary N) is 1. The van der Waals surface area contributed by atoms with Crippen LogP contribution in [-0.2, 0) is 23.0 Å². The summed E-state index contributed by atoms with van der Waals surface area (Å²) in [5.41, 5.74) is 6.11. The first-order chi connectivity index (χ1) is 10.0. The van der Waals surface area contributed by atoms with Crippen molar-refractivity contribution in [1.29, 1.82) is 0 Å². The molecule has 0 radical (unpaired) electrons. The average Bonchev–Trinajstić information content (AvgIpc) is 2.88. The number of hydrogen-bond acceptors (Lipinski definition) is 4. The number of halogens is 1. The first-order valence-corrected chi connectivity index (χ1v) is 7.96. The van der Waals surface area contributed by atoms with Gasteiger partial charge in [-0.3, -0.25) is 4.68 Å². The second-order valence-corrected chi connectivity index (χ2v) is 6.27. The molecule has 0 amide bonds. The van der Waals surface area contributed by atoms with E-state index in [4.69, 9.17) is 5.73 Å². The summed E-state index contributed by atoms with van der Waals surface area (Å²) in [5.74, 6) is -0.335. The number of sulfonamides is 1. The number of hydrogen-bond donors (Lipinski definition) is 2. The van der Waals surface area contributed by atoms with E-state index >= 15 is 0 Å². The van der Waals surface area contributed by atoms with Crippen LogP contribution in [0, 0.1) is 5.82 Å². The molecule has 1 aromatic heterocycles. The van der Waals surface area contributed by atoms with Gasteiger partial charge in [-0.05, 0) is 24.1 Å². The van der Waals surface area contributed by atoms with Gasteiger partial charge in [0.25, 0.3) is 0 Å². The van der Waals surface area contributed by atoms with Crippen molar-refractivity contribution in [2.24, 2.45) is 5.73 Å². The fraction of sp³-hybridized carbons (Fsp3) is 0.308. The van der Waals surface area contributed by atoms with Gasteiger partial charge in [-0.1, -0.05) is 12.1 Å². The SMILES string of the molecule is NCCn1cc(S(=O)(=O)NCCc2cccc(F)c2)cn1. The zero-order valence-electron chi connectivity index (χ0n) is 11.4. The molecule has 0 spiro atoms. The van der Waals surface area contributed by atoms with E-state index in [0.29, 0.717) is 19.5 Å². The van der Waals surface area contributed by atoms with Crippen molar-refractivity contribution in [2.75, 3.05) is 13.1 Å². The molecule has 8 heteroatoms. The normalized spacial score (nSPS) is 11.7. The number of nitrogens with one attached hydrogen (secondary N) is 1. The molecule has 2 rings (SSSR count). The molecule has 0 aliphatic heterocycles. The van der Waals surface area contributed by atoms with Crippen LogP contribution < -0.4 is 10.5 Å². The Morgan fingerprint density at radius 2 is 2.19 bits per heavy atom. The average molecular weight is 312 g/mol. The summed E-state index contributed by atoms with van der Waals surface area (Å²) >= 11 is 0. The first-order valence-electron chi connectivity index (χ1n) is 6.48. The highest BCUT2D eigenvalue weighted by molar-refractivity contribution is 7.89. The van der Waals surface area contributed by atoms with E-state index in [9.17, 15) is 12.8 Å². The van der Waals surface area contributed by atoms with Gasteiger partial charge in [0.15, 0.2) is 0 Å². The van der Waals surface area contributed by atoms with Crippen LogP contribution in [0.15, 0.2) is 41.6 Å². The lowest BCUT2D eigenvalue weighted by atomic mass is 10.1. The first kappa shape index (κ1) is 15.6. The highest BCUT2D eigenvalue weighted by atomic mass is 32.2. The van der Waals surface area contributed by atoms with E-state index in [1.165, 1.54) is 29.2 Å². The Hall–Kier alpha value is -1.77. The van der Waals surface area contributed by atoms with Crippen molar-refractivity contribution in [2.45, 2.75) is 17.9 Å². The maximum Gasteiger partial charge on any atom is 0.243 e. The summed E-state index contributed by atoms with van der Waals surface area (Å²) in [6.45, 7) is 1.03. The Kier molecular flexibility index (Phi) is 5.05. The molecule has 114 valence electrons. The minimum Gasteiger partial charge on any atom is -0.329 e. The number of aromatic nitrogens is 2. The maximum atomic E-state index is 13.0. The molecule has 0 saturated carbocycles. The van der Waals surface area contributed by atoms with Crippen LogP contribution in [0.4, 0.5) is 4.39 Å². The smallest absolute Gasteiger partial charge is 0.243 e. The predicted octanol–water partition coefficient (Wildman–Crippen LogP) is 0.502. The Balaban J connectivity index is 1.94. The van der Waals surface area contributed by atoms with Crippen LogP contribution in [0.3, 0.4) is 0 Å². The highest BCUT2D eigenvalue weighted by Crippen LogP contribution is 2.08. The van der Waals surface area contributed by atoms with Gasteiger partial charge in [0.1, 0.15) is 10.7 Å². The van der Waals surface area contributed by atoms with E-state index in [1.54, 1.807) is 12.1 Å². The fourth-order valence-corrected chi connectivity index (χ4v) is 2.83. The van der Waals surface area contributed by atoms with Gasteiger partial charge >= 0.3 is 0 Å². The van der Waals surface area contributed by atoms with Crippen LogP contribution in [0.5, 0.6) is 0 Å². The van der Waals surface area contributed by atoms with Crippen LogP contribution in [0.2, 0.25) is 0 Å². The predicted molar refractivity (Wildman–Crippen MR) is 76.6 cm³/mol. The van der Waals surface area contributed by atoms with Crippen molar-refractivity contribution in [3.63, 3.8) is 0 Å². The van der Waals surface area contributed by atoms with Gasteiger partial charge in [-0.25, -0.2) is 17.5 Å². The second kappa shape index (κ2) is 6.79. The second-order valence-electron chi connectivity index (χ2n) is 4.51. The van der Waals surface area contributed by atoms with Crippen molar-refractivity contribution < 1.29 is 12.8 Å².